The van der Waals surface area contributed by atoms with Crippen LogP contribution in [0.15, 0.2) is 91.0 Å². The molecule has 2 aliphatic carbocycles. The predicted octanol–water partition coefficient (Wildman–Crippen LogP) is 7.83. The lowest BCUT2D eigenvalue weighted by atomic mass is 9.90. The molecule has 0 atom stereocenters. The number of hydrogen-bond donors (Lipinski definition) is 0. The first kappa shape index (κ1) is 17.4. The second-order valence-corrected chi connectivity index (χ2v) is 10.1. The van der Waals surface area contributed by atoms with E-state index in [-0.39, 0.29) is 0 Å². The maximum Gasteiger partial charge on any atom is 0.0576 e. The molecule has 5 aromatic carbocycles. The molecule has 158 valence electrons. The Morgan fingerprint density at radius 2 is 1.26 bits per heavy atom. The average Bonchev–Trinajstić information content (AvgIpc) is 3.54. The molecule has 1 heteroatoms. The Bertz CT molecular complexity index is 1880. The molecule has 1 aromatic heterocycles. The third kappa shape index (κ3) is 1.94. The van der Waals surface area contributed by atoms with Crippen LogP contribution in [0.3, 0.4) is 0 Å². The quantitative estimate of drug-likeness (QED) is 0.231. The molecule has 0 radical (unpaired) electrons. The van der Waals surface area contributed by atoms with Crippen LogP contribution in [0.2, 0.25) is 0 Å². The van der Waals surface area contributed by atoms with Gasteiger partial charge in [-0.1, -0.05) is 78.9 Å². The molecular formula is C33H21N. The molecule has 6 aromatic rings. The first-order chi connectivity index (χ1) is 16.9. The van der Waals surface area contributed by atoms with Gasteiger partial charge >= 0.3 is 0 Å². The fraction of sp³-hybridized carbons (Fsp3) is 0.0909. The third-order valence-electron chi connectivity index (χ3n) is 8.47. The molecule has 0 fully saturated rings. The van der Waals surface area contributed by atoms with E-state index >= 15 is 0 Å². The number of aromatic nitrogens is 1. The van der Waals surface area contributed by atoms with Crippen LogP contribution >= 0.6 is 0 Å². The van der Waals surface area contributed by atoms with Crippen LogP contribution < -0.4 is 0 Å². The zero-order chi connectivity index (χ0) is 22.0. The monoisotopic (exact) mass is 431 g/mol. The van der Waals surface area contributed by atoms with Gasteiger partial charge in [0, 0.05) is 17.2 Å². The summed E-state index contributed by atoms with van der Waals surface area (Å²) in [7, 11) is 0. The predicted molar refractivity (Wildman–Crippen MR) is 140 cm³/mol. The molecule has 34 heavy (non-hydrogen) atoms. The van der Waals surface area contributed by atoms with Gasteiger partial charge in [0.15, 0.2) is 0 Å². The molecule has 2 heterocycles. The van der Waals surface area contributed by atoms with Crippen molar-refractivity contribution in [1.29, 1.82) is 0 Å². The van der Waals surface area contributed by atoms with E-state index in [9.17, 15) is 0 Å². The van der Waals surface area contributed by atoms with Crippen LogP contribution in [0.1, 0.15) is 33.4 Å². The summed E-state index contributed by atoms with van der Waals surface area (Å²) in [6, 6.07) is 34.3. The van der Waals surface area contributed by atoms with Gasteiger partial charge in [0.25, 0.3) is 0 Å². The summed E-state index contributed by atoms with van der Waals surface area (Å²) < 4.78 is 2.57. The van der Waals surface area contributed by atoms with Gasteiger partial charge in [-0.3, -0.25) is 0 Å². The highest BCUT2D eigenvalue weighted by atomic mass is 15.0. The molecule has 3 aliphatic rings. The second kappa shape index (κ2) is 5.87. The van der Waals surface area contributed by atoms with Crippen LogP contribution in [0.5, 0.6) is 0 Å². The fourth-order valence-corrected chi connectivity index (χ4v) is 7.13. The van der Waals surface area contributed by atoms with Crippen LogP contribution in [-0.4, -0.2) is 4.57 Å². The van der Waals surface area contributed by atoms with E-state index in [1.807, 2.05) is 0 Å². The minimum atomic E-state index is 1.00. The van der Waals surface area contributed by atoms with Crippen molar-refractivity contribution in [3.63, 3.8) is 0 Å². The normalized spacial score (nSPS) is 14.1. The van der Waals surface area contributed by atoms with Gasteiger partial charge in [-0.15, -0.1) is 0 Å². The highest BCUT2D eigenvalue weighted by Crippen LogP contribution is 2.49. The Balaban J connectivity index is 1.41. The van der Waals surface area contributed by atoms with Crippen LogP contribution in [0.25, 0.3) is 49.7 Å². The molecule has 1 aliphatic heterocycles. The first-order valence-electron chi connectivity index (χ1n) is 12.3. The maximum atomic E-state index is 2.57. The molecule has 0 saturated heterocycles. The van der Waals surface area contributed by atoms with Crippen molar-refractivity contribution in [3.8, 4) is 27.9 Å². The average molecular weight is 432 g/mol. The Morgan fingerprint density at radius 1 is 0.500 bits per heavy atom. The zero-order valence-electron chi connectivity index (χ0n) is 18.7. The van der Waals surface area contributed by atoms with Gasteiger partial charge in [0.1, 0.15) is 0 Å². The Kier molecular flexibility index (Phi) is 3.00. The van der Waals surface area contributed by atoms with Gasteiger partial charge in [-0.2, -0.15) is 0 Å². The zero-order valence-corrected chi connectivity index (χ0v) is 18.7. The molecule has 0 N–H and O–H groups in total. The molecule has 0 saturated carbocycles. The van der Waals surface area contributed by atoms with Crippen molar-refractivity contribution in [1.82, 2.24) is 4.57 Å². The minimum Gasteiger partial charge on any atom is -0.309 e. The number of rotatable bonds is 0. The van der Waals surface area contributed by atoms with E-state index in [4.69, 9.17) is 0 Å². The van der Waals surface area contributed by atoms with Crippen molar-refractivity contribution >= 4 is 21.8 Å². The van der Waals surface area contributed by atoms with Crippen molar-refractivity contribution in [2.24, 2.45) is 0 Å². The largest absolute Gasteiger partial charge is 0.309 e. The van der Waals surface area contributed by atoms with Gasteiger partial charge in [-0.25, -0.2) is 0 Å². The third-order valence-corrected chi connectivity index (χ3v) is 8.47. The maximum absolute atomic E-state index is 2.57. The van der Waals surface area contributed by atoms with E-state index in [0.29, 0.717) is 0 Å². The summed E-state index contributed by atoms with van der Waals surface area (Å²) in [5.74, 6) is 0. The first-order valence-corrected chi connectivity index (χ1v) is 12.3. The van der Waals surface area contributed by atoms with Crippen LogP contribution in [-0.2, 0) is 19.3 Å². The highest BCUT2D eigenvalue weighted by molar-refractivity contribution is 6.15. The Hall–Kier alpha value is -4.10. The molecule has 0 spiro atoms. The molecule has 0 bridgehead atoms. The fourth-order valence-electron chi connectivity index (χ4n) is 7.13. The number of hydrogen-bond acceptors (Lipinski definition) is 0. The summed E-state index contributed by atoms with van der Waals surface area (Å²) in [5, 5.41) is 2.85. The summed E-state index contributed by atoms with van der Waals surface area (Å²) in [6.45, 7) is 0. The molecular weight excluding hydrogens is 410 g/mol. The molecule has 1 nitrogen and oxygen atoms in total. The summed E-state index contributed by atoms with van der Waals surface area (Å²) in [5.41, 5.74) is 18.7. The van der Waals surface area contributed by atoms with Crippen molar-refractivity contribution in [2.45, 2.75) is 19.3 Å². The molecule has 0 unspecified atom stereocenters. The van der Waals surface area contributed by atoms with Gasteiger partial charge in [-0.05, 0) is 80.6 Å². The topological polar surface area (TPSA) is 4.93 Å². The Morgan fingerprint density at radius 3 is 2.18 bits per heavy atom. The Labute approximate surface area is 197 Å². The molecule has 0 amide bonds. The minimum absolute atomic E-state index is 1.00. The number of para-hydroxylation sites is 1. The van der Waals surface area contributed by atoms with E-state index in [2.05, 4.69) is 95.6 Å². The van der Waals surface area contributed by atoms with Crippen LogP contribution in [0.4, 0.5) is 0 Å². The van der Waals surface area contributed by atoms with Crippen molar-refractivity contribution in [3.05, 3.63) is 124 Å². The van der Waals surface area contributed by atoms with E-state index in [1.165, 1.54) is 83.1 Å². The lowest BCUT2D eigenvalue weighted by molar-refractivity contribution is 1.04. The second-order valence-electron chi connectivity index (χ2n) is 10.1. The summed E-state index contributed by atoms with van der Waals surface area (Å²) in [6.07, 6.45) is 3.08. The lowest BCUT2D eigenvalue weighted by Crippen LogP contribution is -2.09. The van der Waals surface area contributed by atoms with Crippen LogP contribution in [0, 0.1) is 0 Å². The van der Waals surface area contributed by atoms with E-state index in [1.54, 1.807) is 0 Å². The molecule has 9 rings (SSSR count). The van der Waals surface area contributed by atoms with Gasteiger partial charge in [0.05, 0.1) is 16.7 Å². The smallest absolute Gasteiger partial charge is 0.0576 e. The number of benzene rings is 5. The van der Waals surface area contributed by atoms with Gasteiger partial charge < -0.3 is 4.57 Å². The lowest BCUT2D eigenvalue weighted by Gasteiger charge is -2.23. The van der Waals surface area contributed by atoms with E-state index in [0.717, 1.165) is 19.3 Å². The highest BCUT2D eigenvalue weighted by Gasteiger charge is 2.31. The van der Waals surface area contributed by atoms with Crippen molar-refractivity contribution in [2.75, 3.05) is 0 Å². The number of fused-ring (bicyclic) bond motifs is 13. The number of nitrogens with zero attached hydrogens (tertiary/aromatic N) is 1. The standard InChI is InChI=1S/C33H21N/c1-3-9-23-20(7-1)17-27-25(23)13-15-30-32(27)26-11-5-8-22-18-28-29(34(30)33(22)26)14-12-21-16-19-6-2-4-10-24(19)31(21)28/h1-15H,16-18H2. The summed E-state index contributed by atoms with van der Waals surface area (Å²) >= 11 is 0. The van der Waals surface area contributed by atoms with Crippen molar-refractivity contribution < 1.29 is 0 Å². The SMILES string of the molecule is c1ccc2c(c1)Cc1c-2ccc2c1c1cccc3c1n2-c1ccc2c(c1C3)-c1ccccc1C2. The summed E-state index contributed by atoms with van der Waals surface area (Å²) in [4.78, 5) is 0. The van der Waals surface area contributed by atoms with Gasteiger partial charge in [0.2, 0.25) is 0 Å². The van der Waals surface area contributed by atoms with E-state index < -0.39 is 0 Å².